The fourth-order valence-corrected chi connectivity index (χ4v) is 2.40. The van der Waals surface area contributed by atoms with Gasteiger partial charge in [-0.1, -0.05) is 29.8 Å². The van der Waals surface area contributed by atoms with Crippen molar-refractivity contribution in [3.05, 3.63) is 22.2 Å². The highest BCUT2D eigenvalue weighted by Gasteiger charge is 2.17. The van der Waals surface area contributed by atoms with Gasteiger partial charge < -0.3 is 15.2 Å². The molecule has 0 saturated heterocycles. The molecule has 0 saturated carbocycles. The van der Waals surface area contributed by atoms with Crippen LogP contribution in [-0.4, -0.2) is 19.8 Å². The molecular formula is C16H26BrNO2. The van der Waals surface area contributed by atoms with Gasteiger partial charge in [-0.3, -0.25) is 0 Å². The van der Waals surface area contributed by atoms with Crippen LogP contribution in [0.15, 0.2) is 16.6 Å². The average molecular weight is 344 g/mol. The summed E-state index contributed by atoms with van der Waals surface area (Å²) in [5.41, 5.74) is 7.18. The molecule has 0 bridgehead atoms. The third kappa shape index (κ3) is 4.98. The first kappa shape index (κ1) is 17.3. The molecule has 114 valence electrons. The number of nitrogens with two attached hydrogens (primary N) is 1. The lowest BCUT2D eigenvalue weighted by atomic mass is 9.86. The fraction of sp³-hybridized carbons (Fsp3) is 0.625. The maximum Gasteiger partial charge on any atom is 0.162 e. The van der Waals surface area contributed by atoms with Crippen molar-refractivity contribution in [2.24, 2.45) is 11.1 Å². The summed E-state index contributed by atoms with van der Waals surface area (Å²) in [7, 11) is 0. The van der Waals surface area contributed by atoms with Crippen LogP contribution in [-0.2, 0) is 6.42 Å². The summed E-state index contributed by atoms with van der Waals surface area (Å²) >= 11 is 3.63. The summed E-state index contributed by atoms with van der Waals surface area (Å²) in [4.78, 5) is 0. The Morgan fingerprint density at radius 3 is 2.15 bits per heavy atom. The molecule has 1 aromatic rings. The Balaban J connectivity index is 2.93. The second-order valence-electron chi connectivity index (χ2n) is 5.62. The third-order valence-corrected chi connectivity index (χ3v) is 4.07. The van der Waals surface area contributed by atoms with E-state index >= 15 is 0 Å². The van der Waals surface area contributed by atoms with E-state index in [0.29, 0.717) is 19.8 Å². The van der Waals surface area contributed by atoms with E-state index in [1.54, 1.807) is 0 Å². The van der Waals surface area contributed by atoms with Gasteiger partial charge in [-0.25, -0.2) is 0 Å². The molecule has 0 aromatic heterocycles. The van der Waals surface area contributed by atoms with E-state index in [-0.39, 0.29) is 5.41 Å². The molecule has 0 radical (unpaired) electrons. The maximum atomic E-state index is 5.79. The predicted molar refractivity (Wildman–Crippen MR) is 87.6 cm³/mol. The molecule has 4 heteroatoms. The van der Waals surface area contributed by atoms with Gasteiger partial charge in [-0.2, -0.15) is 0 Å². The number of halogens is 1. The van der Waals surface area contributed by atoms with Gasteiger partial charge in [0.2, 0.25) is 0 Å². The maximum absolute atomic E-state index is 5.79. The molecule has 0 aliphatic heterocycles. The van der Waals surface area contributed by atoms with E-state index in [2.05, 4.69) is 35.8 Å². The van der Waals surface area contributed by atoms with Gasteiger partial charge in [0.05, 0.1) is 13.2 Å². The quantitative estimate of drug-likeness (QED) is 0.770. The van der Waals surface area contributed by atoms with Crippen LogP contribution in [0.4, 0.5) is 0 Å². The monoisotopic (exact) mass is 343 g/mol. The lowest BCUT2D eigenvalue weighted by Gasteiger charge is -2.23. The van der Waals surface area contributed by atoms with E-state index in [1.807, 2.05) is 19.9 Å². The number of aryl methyl sites for hydroxylation is 1. The summed E-state index contributed by atoms with van der Waals surface area (Å²) in [6.07, 6.45) is 2.01. The number of benzene rings is 1. The highest BCUT2D eigenvalue weighted by molar-refractivity contribution is 9.10. The zero-order valence-electron chi connectivity index (χ0n) is 13.0. The lowest BCUT2D eigenvalue weighted by Crippen LogP contribution is -2.24. The van der Waals surface area contributed by atoms with Crippen LogP contribution >= 0.6 is 15.9 Å². The summed E-state index contributed by atoms with van der Waals surface area (Å²) in [6, 6.07) is 4.07. The van der Waals surface area contributed by atoms with Crippen molar-refractivity contribution in [1.29, 1.82) is 0 Å². The summed E-state index contributed by atoms with van der Waals surface area (Å²) in [5, 5.41) is 0. The first-order valence-corrected chi connectivity index (χ1v) is 8.01. The van der Waals surface area contributed by atoms with Crippen LogP contribution in [0.3, 0.4) is 0 Å². The number of hydrogen-bond acceptors (Lipinski definition) is 3. The largest absolute Gasteiger partial charge is 0.490 e. The molecule has 1 aromatic carbocycles. The third-order valence-electron chi connectivity index (χ3n) is 3.34. The van der Waals surface area contributed by atoms with Crippen molar-refractivity contribution in [1.82, 2.24) is 0 Å². The lowest BCUT2D eigenvalue weighted by molar-refractivity contribution is 0.287. The first-order chi connectivity index (χ1) is 9.43. The SMILES string of the molecule is CCOc1cc(Br)c(CCC(C)(C)CN)cc1OCC. The van der Waals surface area contributed by atoms with Crippen LogP contribution in [0.5, 0.6) is 11.5 Å². The van der Waals surface area contributed by atoms with Gasteiger partial charge in [-0.15, -0.1) is 0 Å². The molecule has 0 atom stereocenters. The van der Waals surface area contributed by atoms with Gasteiger partial charge >= 0.3 is 0 Å². The molecule has 0 spiro atoms. The van der Waals surface area contributed by atoms with Gasteiger partial charge in [0, 0.05) is 4.47 Å². The second kappa shape index (κ2) is 7.89. The van der Waals surface area contributed by atoms with Crippen molar-refractivity contribution in [3.63, 3.8) is 0 Å². The number of ether oxygens (including phenoxy) is 2. The Morgan fingerprint density at radius 1 is 1.10 bits per heavy atom. The van der Waals surface area contributed by atoms with Gasteiger partial charge in [-0.05, 0) is 56.3 Å². The van der Waals surface area contributed by atoms with E-state index in [1.165, 1.54) is 5.56 Å². The minimum Gasteiger partial charge on any atom is -0.490 e. The van der Waals surface area contributed by atoms with Gasteiger partial charge in [0.15, 0.2) is 11.5 Å². The Kier molecular flexibility index (Phi) is 6.83. The van der Waals surface area contributed by atoms with E-state index in [9.17, 15) is 0 Å². The van der Waals surface area contributed by atoms with Crippen molar-refractivity contribution >= 4 is 15.9 Å². The van der Waals surface area contributed by atoms with Crippen LogP contribution < -0.4 is 15.2 Å². The summed E-state index contributed by atoms with van der Waals surface area (Å²) < 4.78 is 12.4. The van der Waals surface area contributed by atoms with Crippen LogP contribution in [0.1, 0.15) is 39.7 Å². The Bertz CT molecular complexity index is 433. The van der Waals surface area contributed by atoms with Crippen molar-refractivity contribution in [3.8, 4) is 11.5 Å². The molecule has 0 aliphatic rings. The smallest absolute Gasteiger partial charge is 0.162 e. The van der Waals surface area contributed by atoms with Crippen LogP contribution in [0, 0.1) is 5.41 Å². The molecule has 3 nitrogen and oxygen atoms in total. The molecule has 0 aliphatic carbocycles. The molecule has 0 unspecified atom stereocenters. The first-order valence-electron chi connectivity index (χ1n) is 7.21. The molecule has 1 rings (SSSR count). The van der Waals surface area contributed by atoms with Crippen LogP contribution in [0.25, 0.3) is 0 Å². The van der Waals surface area contributed by atoms with Crippen molar-refractivity contribution in [2.45, 2.75) is 40.5 Å². The average Bonchev–Trinajstić information content (AvgIpc) is 2.41. The van der Waals surface area contributed by atoms with Gasteiger partial charge in [0.1, 0.15) is 0 Å². The normalized spacial score (nSPS) is 11.5. The molecule has 20 heavy (non-hydrogen) atoms. The summed E-state index contributed by atoms with van der Waals surface area (Å²) in [5.74, 6) is 1.61. The molecular weight excluding hydrogens is 318 g/mol. The Morgan fingerprint density at radius 2 is 1.65 bits per heavy atom. The standard InChI is InChI=1S/C16H26BrNO2/c1-5-19-14-9-12(7-8-16(3,4)11-18)13(17)10-15(14)20-6-2/h9-10H,5-8,11,18H2,1-4H3. The van der Waals surface area contributed by atoms with Crippen molar-refractivity contribution < 1.29 is 9.47 Å². The highest BCUT2D eigenvalue weighted by Crippen LogP contribution is 2.35. The Hall–Kier alpha value is -0.740. The topological polar surface area (TPSA) is 44.5 Å². The van der Waals surface area contributed by atoms with E-state index in [4.69, 9.17) is 15.2 Å². The minimum absolute atomic E-state index is 0.157. The zero-order chi connectivity index (χ0) is 15.2. The molecule has 0 amide bonds. The fourth-order valence-electron chi connectivity index (χ4n) is 1.88. The number of hydrogen-bond donors (Lipinski definition) is 1. The predicted octanol–water partition coefficient (Wildman–Crippen LogP) is 4.16. The molecule has 2 N–H and O–H groups in total. The van der Waals surface area contributed by atoms with Gasteiger partial charge in [0.25, 0.3) is 0 Å². The minimum atomic E-state index is 0.157. The van der Waals surface area contributed by atoms with Crippen LogP contribution in [0.2, 0.25) is 0 Å². The van der Waals surface area contributed by atoms with E-state index in [0.717, 1.165) is 28.8 Å². The number of rotatable bonds is 8. The van der Waals surface area contributed by atoms with Crippen molar-refractivity contribution in [2.75, 3.05) is 19.8 Å². The molecule has 0 heterocycles. The second-order valence-corrected chi connectivity index (χ2v) is 6.48. The molecule has 0 fully saturated rings. The Labute approximate surface area is 131 Å². The zero-order valence-corrected chi connectivity index (χ0v) is 14.5. The van der Waals surface area contributed by atoms with E-state index < -0.39 is 0 Å². The summed E-state index contributed by atoms with van der Waals surface area (Å²) in [6.45, 7) is 10.3. The highest BCUT2D eigenvalue weighted by atomic mass is 79.9.